The van der Waals surface area contributed by atoms with Crippen LogP contribution in [0, 0.1) is 0 Å². The smallest absolute Gasteiger partial charge is 0.354 e. The van der Waals surface area contributed by atoms with E-state index < -0.39 is 5.97 Å². The molecule has 1 aromatic rings. The number of carboxylic acid groups (broad SMARTS) is 1. The molecule has 0 aliphatic heterocycles. The summed E-state index contributed by atoms with van der Waals surface area (Å²) < 4.78 is 0. The van der Waals surface area contributed by atoms with Crippen molar-refractivity contribution in [2.75, 3.05) is 11.9 Å². The normalized spacial score (nSPS) is 10.5. The summed E-state index contributed by atoms with van der Waals surface area (Å²) in [6.45, 7) is 4.18. The molecule has 0 bridgehead atoms. The van der Waals surface area contributed by atoms with Gasteiger partial charge in [-0.25, -0.2) is 14.8 Å². The van der Waals surface area contributed by atoms with Crippen molar-refractivity contribution in [2.45, 2.75) is 32.7 Å². The molecule has 1 rings (SSSR count). The third-order valence-electron chi connectivity index (χ3n) is 2.67. The molecule has 0 atom stereocenters. The van der Waals surface area contributed by atoms with Crippen LogP contribution in [-0.2, 0) is 0 Å². The summed E-state index contributed by atoms with van der Waals surface area (Å²) in [5, 5.41) is 8.84. The molecular formula is C11H17N3O2. The molecule has 0 fully saturated rings. The molecule has 16 heavy (non-hydrogen) atoms. The number of carboxylic acids is 1. The zero-order valence-corrected chi connectivity index (χ0v) is 9.84. The predicted octanol–water partition coefficient (Wildman–Crippen LogP) is 1.80. The molecular weight excluding hydrogens is 206 g/mol. The minimum atomic E-state index is -1.03. The maximum atomic E-state index is 10.8. The van der Waals surface area contributed by atoms with Crippen LogP contribution in [0.3, 0.4) is 0 Å². The summed E-state index contributed by atoms with van der Waals surface area (Å²) in [6.07, 6.45) is 3.44. The van der Waals surface area contributed by atoms with E-state index in [-0.39, 0.29) is 5.69 Å². The first-order valence-electron chi connectivity index (χ1n) is 5.39. The fourth-order valence-corrected chi connectivity index (χ4v) is 1.64. The van der Waals surface area contributed by atoms with Crippen LogP contribution in [0.4, 0.5) is 5.95 Å². The minimum Gasteiger partial charge on any atom is -0.477 e. The lowest BCUT2D eigenvalue weighted by atomic mass is 10.1. The fourth-order valence-electron chi connectivity index (χ4n) is 1.64. The van der Waals surface area contributed by atoms with E-state index in [0.29, 0.717) is 12.0 Å². The summed E-state index contributed by atoms with van der Waals surface area (Å²) >= 11 is 0. The second kappa shape index (κ2) is 5.44. The Morgan fingerprint density at radius 1 is 1.50 bits per heavy atom. The maximum absolute atomic E-state index is 10.8. The SMILES string of the molecule is CCC(CC)N(C)c1nccc(C(=O)O)n1. The molecule has 1 N–H and O–H groups in total. The maximum Gasteiger partial charge on any atom is 0.354 e. The van der Waals surface area contributed by atoms with Gasteiger partial charge in [-0.1, -0.05) is 13.8 Å². The lowest BCUT2D eigenvalue weighted by Crippen LogP contribution is -2.32. The van der Waals surface area contributed by atoms with Gasteiger partial charge in [0.25, 0.3) is 0 Å². The lowest BCUT2D eigenvalue weighted by molar-refractivity contribution is 0.0690. The number of hydrogen-bond donors (Lipinski definition) is 1. The number of carbonyl (C=O) groups is 1. The summed E-state index contributed by atoms with van der Waals surface area (Å²) in [4.78, 5) is 20.8. The number of aromatic carboxylic acids is 1. The van der Waals surface area contributed by atoms with Gasteiger partial charge in [-0.2, -0.15) is 0 Å². The van der Waals surface area contributed by atoms with Crippen LogP contribution in [0.1, 0.15) is 37.2 Å². The van der Waals surface area contributed by atoms with Gasteiger partial charge >= 0.3 is 5.97 Å². The molecule has 5 heteroatoms. The number of aromatic nitrogens is 2. The minimum absolute atomic E-state index is 0.0304. The molecule has 0 aromatic carbocycles. The molecule has 0 saturated heterocycles. The summed E-state index contributed by atoms with van der Waals surface area (Å²) in [6, 6.07) is 1.73. The molecule has 0 spiro atoms. The van der Waals surface area contributed by atoms with Crippen molar-refractivity contribution in [2.24, 2.45) is 0 Å². The summed E-state index contributed by atoms with van der Waals surface area (Å²) in [5.74, 6) is -0.560. The molecule has 1 aromatic heterocycles. The molecule has 0 amide bonds. The summed E-state index contributed by atoms with van der Waals surface area (Å²) in [7, 11) is 1.89. The number of nitrogens with zero attached hydrogens (tertiary/aromatic N) is 3. The standard InChI is InChI=1S/C11H17N3O2/c1-4-8(5-2)14(3)11-12-7-6-9(13-11)10(15)16/h6-8H,4-5H2,1-3H3,(H,15,16). The van der Waals surface area contributed by atoms with Crippen molar-refractivity contribution in [3.8, 4) is 0 Å². The first-order chi connectivity index (χ1) is 7.60. The lowest BCUT2D eigenvalue weighted by Gasteiger charge is -2.26. The third-order valence-corrected chi connectivity index (χ3v) is 2.67. The van der Waals surface area contributed by atoms with Crippen LogP contribution in [0.15, 0.2) is 12.3 Å². The molecule has 0 aliphatic carbocycles. The van der Waals surface area contributed by atoms with Gasteiger partial charge in [-0.15, -0.1) is 0 Å². The number of rotatable bonds is 5. The predicted molar refractivity (Wildman–Crippen MR) is 61.8 cm³/mol. The fraction of sp³-hybridized carbons (Fsp3) is 0.545. The highest BCUT2D eigenvalue weighted by Gasteiger charge is 2.15. The first-order valence-corrected chi connectivity index (χ1v) is 5.39. The molecule has 5 nitrogen and oxygen atoms in total. The highest BCUT2D eigenvalue weighted by molar-refractivity contribution is 5.85. The van der Waals surface area contributed by atoms with Crippen LogP contribution in [0.2, 0.25) is 0 Å². The van der Waals surface area contributed by atoms with E-state index in [9.17, 15) is 4.79 Å². The van der Waals surface area contributed by atoms with Crippen LogP contribution < -0.4 is 4.90 Å². The zero-order chi connectivity index (χ0) is 12.1. The van der Waals surface area contributed by atoms with Gasteiger partial charge in [-0.05, 0) is 18.9 Å². The molecule has 88 valence electrons. The molecule has 0 aliphatic rings. The van der Waals surface area contributed by atoms with Gasteiger partial charge < -0.3 is 10.0 Å². The van der Waals surface area contributed by atoms with Crippen molar-refractivity contribution in [3.05, 3.63) is 18.0 Å². The van der Waals surface area contributed by atoms with E-state index in [1.165, 1.54) is 12.3 Å². The highest BCUT2D eigenvalue weighted by atomic mass is 16.4. The second-order valence-corrected chi connectivity index (χ2v) is 3.63. The number of hydrogen-bond acceptors (Lipinski definition) is 4. The Hall–Kier alpha value is -1.65. The van der Waals surface area contributed by atoms with Gasteiger partial charge in [0.05, 0.1) is 0 Å². The molecule has 1 heterocycles. The topological polar surface area (TPSA) is 66.3 Å². The van der Waals surface area contributed by atoms with Crippen LogP contribution in [0.25, 0.3) is 0 Å². The van der Waals surface area contributed by atoms with Gasteiger partial charge in [0.1, 0.15) is 0 Å². The van der Waals surface area contributed by atoms with Crippen LogP contribution in [0.5, 0.6) is 0 Å². The Bertz CT molecular complexity index is 364. The highest BCUT2D eigenvalue weighted by Crippen LogP contribution is 2.13. The summed E-state index contributed by atoms with van der Waals surface area (Å²) in [5.41, 5.74) is 0.0304. The van der Waals surface area contributed by atoms with Gasteiger partial charge in [0, 0.05) is 19.3 Å². The second-order valence-electron chi connectivity index (χ2n) is 3.63. The van der Waals surface area contributed by atoms with Crippen molar-refractivity contribution < 1.29 is 9.90 Å². The van der Waals surface area contributed by atoms with E-state index in [1.807, 2.05) is 11.9 Å². The molecule has 0 unspecified atom stereocenters. The van der Waals surface area contributed by atoms with Crippen LogP contribution >= 0.6 is 0 Å². The Labute approximate surface area is 95.1 Å². The van der Waals surface area contributed by atoms with E-state index in [1.54, 1.807) is 0 Å². The van der Waals surface area contributed by atoms with Gasteiger partial charge in [0.15, 0.2) is 5.69 Å². The quantitative estimate of drug-likeness (QED) is 0.824. The Morgan fingerprint density at radius 2 is 2.12 bits per heavy atom. The Balaban J connectivity index is 2.94. The van der Waals surface area contributed by atoms with E-state index in [4.69, 9.17) is 5.11 Å². The van der Waals surface area contributed by atoms with E-state index >= 15 is 0 Å². The molecule has 0 radical (unpaired) electrons. The third kappa shape index (κ3) is 2.68. The Kier molecular flexibility index (Phi) is 4.22. The largest absolute Gasteiger partial charge is 0.477 e. The first kappa shape index (κ1) is 12.4. The molecule has 0 saturated carbocycles. The van der Waals surface area contributed by atoms with E-state index in [0.717, 1.165) is 12.8 Å². The van der Waals surface area contributed by atoms with Crippen LogP contribution in [-0.4, -0.2) is 34.1 Å². The van der Waals surface area contributed by atoms with E-state index in [2.05, 4.69) is 23.8 Å². The van der Waals surface area contributed by atoms with Gasteiger partial charge in [-0.3, -0.25) is 0 Å². The van der Waals surface area contributed by atoms with Crippen molar-refractivity contribution >= 4 is 11.9 Å². The number of anilines is 1. The average Bonchev–Trinajstić information content (AvgIpc) is 2.30. The zero-order valence-electron chi connectivity index (χ0n) is 9.84. The van der Waals surface area contributed by atoms with Crippen molar-refractivity contribution in [3.63, 3.8) is 0 Å². The Morgan fingerprint density at radius 3 is 2.62 bits per heavy atom. The average molecular weight is 223 g/mol. The van der Waals surface area contributed by atoms with Crippen molar-refractivity contribution in [1.82, 2.24) is 9.97 Å². The monoisotopic (exact) mass is 223 g/mol. The van der Waals surface area contributed by atoms with Gasteiger partial charge in [0.2, 0.25) is 5.95 Å². The van der Waals surface area contributed by atoms with Crippen molar-refractivity contribution in [1.29, 1.82) is 0 Å².